The van der Waals surface area contributed by atoms with Gasteiger partial charge in [0, 0.05) is 26.2 Å². The van der Waals surface area contributed by atoms with Crippen molar-refractivity contribution in [3.63, 3.8) is 0 Å². The van der Waals surface area contributed by atoms with Crippen LogP contribution < -0.4 is 0 Å². The first-order chi connectivity index (χ1) is 2.56. The molecule has 0 rings (SSSR count). The molecule has 0 saturated carbocycles. The van der Waals surface area contributed by atoms with Crippen molar-refractivity contribution in [3.05, 3.63) is 0 Å². The van der Waals surface area contributed by atoms with E-state index in [1.807, 2.05) is 0 Å². The largest absolute Gasteiger partial charge is 0.703 e. The van der Waals surface area contributed by atoms with Gasteiger partial charge in [-0.1, -0.05) is 4.53 Å². The van der Waals surface area contributed by atoms with E-state index in [0.717, 1.165) is 0 Å². The van der Waals surface area contributed by atoms with Crippen LogP contribution >= 0.6 is 0 Å². The Labute approximate surface area is 59.1 Å². The van der Waals surface area contributed by atoms with Crippen molar-refractivity contribution >= 4 is 9.05 Å². The maximum absolute atomic E-state index is 10.3. The molecule has 7 heavy (non-hydrogen) atoms. The maximum atomic E-state index is 10.3. The minimum atomic E-state index is -4.80. The molecule has 7 heteroatoms. The zero-order valence-electron chi connectivity index (χ0n) is 3.13. The number of rotatable bonds is 1. The van der Waals surface area contributed by atoms with Crippen LogP contribution in [0.15, 0.2) is 0 Å². The maximum Gasteiger partial charge on any atom is 0.703 e. The van der Waals surface area contributed by atoms with E-state index in [1.165, 1.54) is 0 Å². The van der Waals surface area contributed by atoms with Crippen LogP contribution in [0.2, 0.25) is 0 Å². The van der Waals surface area contributed by atoms with Crippen LogP contribution in [-0.4, -0.2) is 23.4 Å². The predicted molar refractivity (Wildman–Crippen MR) is 14.6 cm³/mol. The van der Waals surface area contributed by atoms with Crippen molar-refractivity contribution in [1.82, 2.24) is 0 Å². The van der Waals surface area contributed by atoms with E-state index in [2.05, 4.69) is 4.63 Å². The van der Waals surface area contributed by atoms with Crippen molar-refractivity contribution in [2.45, 2.75) is 0 Å². The van der Waals surface area contributed by atoms with Gasteiger partial charge in [0.05, 0.1) is 0 Å². The van der Waals surface area contributed by atoms with Gasteiger partial charge in [0.25, 0.3) is 0 Å². The van der Waals surface area contributed by atoms with Gasteiger partial charge in [-0.05, 0) is 0 Å². The third-order valence-corrected chi connectivity index (χ3v) is 0.311. The van der Waals surface area contributed by atoms with E-state index >= 15 is 0 Å². The van der Waals surface area contributed by atoms with Crippen molar-refractivity contribution in [3.8, 4) is 0 Å². The second kappa shape index (κ2) is 3.82. The van der Waals surface area contributed by atoms with E-state index in [0.29, 0.717) is 0 Å². The molecule has 3 N–H and O–H groups in total. The summed E-state index contributed by atoms with van der Waals surface area (Å²) in [7, 11) is -4.80. The van der Waals surface area contributed by atoms with Gasteiger partial charge in [-0.25, -0.2) is 0 Å². The summed E-state index contributed by atoms with van der Waals surface area (Å²) >= 11 is 0. The van der Waals surface area contributed by atoms with Crippen molar-refractivity contribution in [1.29, 1.82) is 0 Å². The Balaban J connectivity index is 0. The molecule has 4 nitrogen and oxygen atoms in total. The molecule has 0 amide bonds. The first kappa shape index (κ1) is 10.8. The van der Waals surface area contributed by atoms with Gasteiger partial charge in [0.15, 0.2) is 0 Å². The monoisotopic (exact) mass is 204 g/mol. The molecule has 0 radical (unpaired) electrons. The normalized spacial score (nSPS) is 10.3. The summed E-state index contributed by atoms with van der Waals surface area (Å²) in [5.41, 5.74) is 0. The summed E-state index contributed by atoms with van der Waals surface area (Å²) in [6.45, 7) is 0. The van der Waals surface area contributed by atoms with Gasteiger partial charge >= 0.3 is 9.05 Å². The average molecular weight is 205 g/mol. The topological polar surface area (TPSA) is 69.9 Å². The van der Waals surface area contributed by atoms with Crippen LogP contribution in [0, 0.1) is 0 Å². The molecule has 0 aromatic carbocycles. The summed E-state index contributed by atoms with van der Waals surface area (Å²) in [4.78, 5) is 22.4. The first-order valence-corrected chi connectivity index (χ1v) is 2.78. The van der Waals surface area contributed by atoms with Crippen LogP contribution in [0.1, 0.15) is 0 Å². The summed E-state index contributed by atoms with van der Waals surface area (Å²) < 4.78 is 12.6. The second-order valence-corrected chi connectivity index (χ2v) is 1.95. The second-order valence-electron chi connectivity index (χ2n) is 0.651. The minimum absolute atomic E-state index is 0. The molecule has 0 spiro atoms. The summed E-state index contributed by atoms with van der Waals surface area (Å²) in [5.74, 6) is 0. The quantitative estimate of drug-likeness (QED) is 0.446. The van der Waals surface area contributed by atoms with E-state index in [1.54, 1.807) is 0 Å². The number of halogens is 1. The molecular weight excluding hydrogens is 202 g/mol. The van der Waals surface area contributed by atoms with Gasteiger partial charge < -0.3 is 14.4 Å². The van der Waals surface area contributed by atoms with Crippen LogP contribution in [0.4, 0.5) is 4.53 Å². The molecule has 0 aliphatic heterocycles. The Kier molecular flexibility index (Phi) is 5.89. The fourth-order valence-electron chi connectivity index (χ4n) is 0. The molecule has 0 aliphatic rings. The van der Waals surface area contributed by atoms with Crippen LogP contribution in [-0.2, 0) is 30.8 Å². The number of hydrogen-bond acceptors (Lipinski definition) is 4. The molecule has 42 valence electrons. The zero-order chi connectivity index (χ0) is 5.21. The Morgan fingerprint density at radius 3 is 1.43 bits per heavy atom. The van der Waals surface area contributed by atoms with Gasteiger partial charge in [0.1, 0.15) is 0 Å². The summed E-state index contributed by atoms with van der Waals surface area (Å²) in [6.07, 6.45) is 0. The van der Waals surface area contributed by atoms with Gasteiger partial charge in [-0.2, -0.15) is 4.63 Å². The third kappa shape index (κ3) is 10.9. The van der Waals surface area contributed by atoms with Crippen molar-refractivity contribution in [2.75, 3.05) is 0 Å². The molecule has 0 saturated heterocycles. The summed E-state index contributed by atoms with van der Waals surface area (Å²) in [5, 5.41) is 0. The average Bonchev–Trinajstić information content (AvgIpc) is 1.35. The molecule has 0 fully saturated rings. The van der Waals surface area contributed by atoms with Gasteiger partial charge in [0.2, 0.25) is 0 Å². The zero-order valence-corrected chi connectivity index (χ0v) is 6.59. The van der Waals surface area contributed by atoms with Crippen molar-refractivity contribution < 1.29 is 49.7 Å². The van der Waals surface area contributed by atoms with Crippen LogP contribution in [0.5, 0.6) is 0 Å². The first-order valence-electron chi connectivity index (χ1n) is 1.03. The molecule has 0 unspecified atom stereocenters. The fraction of sp³-hybridized carbons (Fsp3) is 0. The summed E-state index contributed by atoms with van der Waals surface area (Å²) in [6, 6.07) is 0. The molecule has 0 aromatic rings. The van der Waals surface area contributed by atoms with Crippen LogP contribution in [0.25, 0.3) is 0 Å². The van der Waals surface area contributed by atoms with Crippen molar-refractivity contribution in [2.24, 2.45) is 0 Å². The Hall–Kier alpha value is 0.870. The van der Waals surface area contributed by atoms with Gasteiger partial charge in [-0.15, -0.1) is 0 Å². The van der Waals surface area contributed by atoms with E-state index < -0.39 is 9.05 Å². The van der Waals surface area contributed by atoms with E-state index in [4.69, 9.17) is 14.4 Å². The SMILES string of the molecule is O[Si](O)(O)OF.[Zr]. The molecule has 0 atom stereocenters. The Morgan fingerprint density at radius 2 is 1.43 bits per heavy atom. The predicted octanol–water partition coefficient (Wildman–Crippen LogP) is -1.70. The standard InChI is InChI=1S/FH3O4Si.Zr/c1-5-6(2,3)4;/h2-4H;. The van der Waals surface area contributed by atoms with Gasteiger partial charge in [-0.3, -0.25) is 0 Å². The third-order valence-electron chi connectivity index (χ3n) is 0.104. The Morgan fingerprint density at radius 1 is 1.29 bits per heavy atom. The minimum Gasteiger partial charge on any atom is -0.366 e. The molecule has 0 bridgehead atoms. The molecule has 0 aromatic heterocycles. The number of hydrogen-bond donors (Lipinski definition) is 3. The molecule has 0 heterocycles. The van der Waals surface area contributed by atoms with E-state index in [-0.39, 0.29) is 26.2 Å². The molecular formula is H3FO4SiZr. The van der Waals surface area contributed by atoms with Crippen LogP contribution in [0.3, 0.4) is 0 Å². The Bertz CT molecular complexity index is 41.4. The molecule has 0 aliphatic carbocycles. The smallest absolute Gasteiger partial charge is 0.366 e. The van der Waals surface area contributed by atoms with E-state index in [9.17, 15) is 4.53 Å². The fourth-order valence-corrected chi connectivity index (χ4v) is 0.